The molecule has 1 heterocycles. The van der Waals surface area contributed by atoms with Crippen LogP contribution in [-0.4, -0.2) is 11.2 Å². The highest BCUT2D eigenvalue weighted by atomic mass is 32.1. The molecule has 3 aromatic carbocycles. The normalized spacial score (nSPS) is 10.9. The molecule has 0 saturated heterocycles. The predicted octanol–water partition coefficient (Wildman–Crippen LogP) is 5.97. The average molecular weight is 403 g/mol. The zero-order valence-electron chi connectivity index (χ0n) is 15.5. The zero-order valence-corrected chi connectivity index (χ0v) is 16.3. The van der Waals surface area contributed by atoms with Crippen molar-refractivity contribution in [3.05, 3.63) is 101 Å². The van der Waals surface area contributed by atoms with Crippen LogP contribution < -0.4 is 10.2 Å². The van der Waals surface area contributed by atoms with Crippen LogP contribution in [0.2, 0.25) is 0 Å². The second kappa shape index (κ2) is 9.12. The third kappa shape index (κ3) is 5.06. The van der Waals surface area contributed by atoms with Gasteiger partial charge in [0.1, 0.15) is 18.2 Å². The summed E-state index contributed by atoms with van der Waals surface area (Å²) in [4.78, 5) is 4.55. The Bertz CT molecular complexity index is 1090. The van der Waals surface area contributed by atoms with E-state index in [1.54, 1.807) is 18.3 Å². The minimum absolute atomic E-state index is 0.259. The van der Waals surface area contributed by atoms with E-state index in [1.807, 2.05) is 60.0 Å². The fourth-order valence-electron chi connectivity index (χ4n) is 2.68. The van der Waals surface area contributed by atoms with Crippen LogP contribution in [0.15, 0.2) is 89.3 Å². The summed E-state index contributed by atoms with van der Waals surface area (Å²) in [7, 11) is 0. The highest BCUT2D eigenvalue weighted by molar-refractivity contribution is 7.14. The van der Waals surface area contributed by atoms with Crippen molar-refractivity contribution in [2.75, 3.05) is 5.43 Å². The lowest BCUT2D eigenvalue weighted by Gasteiger charge is -2.09. The van der Waals surface area contributed by atoms with Gasteiger partial charge in [-0.3, -0.25) is 5.43 Å². The number of nitrogens with one attached hydrogen (secondary N) is 1. The zero-order chi connectivity index (χ0) is 19.9. The first kappa shape index (κ1) is 18.8. The van der Waals surface area contributed by atoms with E-state index < -0.39 is 0 Å². The smallest absolute Gasteiger partial charge is 0.203 e. The van der Waals surface area contributed by atoms with Crippen LogP contribution >= 0.6 is 11.3 Å². The van der Waals surface area contributed by atoms with Gasteiger partial charge in [-0.25, -0.2) is 9.37 Å². The second-order valence-electron chi connectivity index (χ2n) is 6.23. The minimum Gasteiger partial charge on any atom is -0.488 e. The highest BCUT2D eigenvalue weighted by Gasteiger charge is 2.04. The molecule has 0 radical (unpaired) electrons. The van der Waals surface area contributed by atoms with Gasteiger partial charge in [0.05, 0.1) is 11.9 Å². The fourth-order valence-corrected chi connectivity index (χ4v) is 3.35. The van der Waals surface area contributed by atoms with Crippen molar-refractivity contribution in [2.24, 2.45) is 5.10 Å². The number of ether oxygens (including phenoxy) is 1. The molecule has 0 aliphatic carbocycles. The molecule has 4 aromatic rings. The molecule has 0 amide bonds. The SMILES string of the molecule is Fc1ccc(COc2ccccc2C=NNc2nc(-c3ccccc3)cs2)cc1. The Morgan fingerprint density at radius 3 is 2.55 bits per heavy atom. The Morgan fingerprint density at radius 1 is 0.966 bits per heavy atom. The topological polar surface area (TPSA) is 46.5 Å². The Balaban J connectivity index is 1.40. The number of hydrazone groups is 1. The Morgan fingerprint density at radius 2 is 1.72 bits per heavy atom. The van der Waals surface area contributed by atoms with Crippen molar-refractivity contribution >= 4 is 22.7 Å². The van der Waals surface area contributed by atoms with Crippen LogP contribution in [0.3, 0.4) is 0 Å². The van der Waals surface area contributed by atoms with Gasteiger partial charge < -0.3 is 4.74 Å². The lowest BCUT2D eigenvalue weighted by molar-refractivity contribution is 0.305. The lowest BCUT2D eigenvalue weighted by Crippen LogP contribution is -1.99. The van der Waals surface area contributed by atoms with E-state index in [0.29, 0.717) is 17.5 Å². The van der Waals surface area contributed by atoms with Gasteiger partial charge >= 0.3 is 0 Å². The molecular weight excluding hydrogens is 385 g/mol. The van der Waals surface area contributed by atoms with Crippen LogP contribution in [0.4, 0.5) is 9.52 Å². The van der Waals surface area contributed by atoms with E-state index in [1.165, 1.54) is 23.5 Å². The summed E-state index contributed by atoms with van der Waals surface area (Å²) >= 11 is 1.49. The van der Waals surface area contributed by atoms with Gasteiger partial charge in [0, 0.05) is 16.5 Å². The summed E-state index contributed by atoms with van der Waals surface area (Å²) in [6.07, 6.45) is 1.70. The van der Waals surface area contributed by atoms with Gasteiger partial charge in [-0.2, -0.15) is 5.10 Å². The summed E-state index contributed by atoms with van der Waals surface area (Å²) < 4.78 is 18.9. The number of aromatic nitrogens is 1. The van der Waals surface area contributed by atoms with Crippen molar-refractivity contribution in [2.45, 2.75) is 6.61 Å². The molecule has 4 nitrogen and oxygen atoms in total. The Kier molecular flexibility index (Phi) is 5.92. The number of hydrogen-bond donors (Lipinski definition) is 1. The summed E-state index contributed by atoms with van der Waals surface area (Å²) in [6.45, 7) is 0.353. The van der Waals surface area contributed by atoms with Crippen LogP contribution in [0.25, 0.3) is 11.3 Å². The highest BCUT2D eigenvalue weighted by Crippen LogP contribution is 2.24. The van der Waals surface area contributed by atoms with Crippen molar-refractivity contribution in [3.63, 3.8) is 0 Å². The van der Waals surface area contributed by atoms with E-state index >= 15 is 0 Å². The summed E-state index contributed by atoms with van der Waals surface area (Å²) in [6, 6.07) is 23.9. The van der Waals surface area contributed by atoms with Gasteiger partial charge in [0.25, 0.3) is 0 Å². The van der Waals surface area contributed by atoms with E-state index in [4.69, 9.17) is 4.74 Å². The maximum atomic E-state index is 13.0. The third-order valence-electron chi connectivity index (χ3n) is 4.16. The molecule has 4 rings (SSSR count). The van der Waals surface area contributed by atoms with Crippen LogP contribution in [-0.2, 0) is 6.61 Å². The molecule has 0 bridgehead atoms. The average Bonchev–Trinajstić information content (AvgIpc) is 3.24. The molecule has 0 aliphatic rings. The van der Waals surface area contributed by atoms with Gasteiger partial charge in [-0.15, -0.1) is 11.3 Å². The quantitative estimate of drug-likeness (QED) is 0.305. The molecule has 0 spiro atoms. The summed E-state index contributed by atoms with van der Waals surface area (Å²) in [5.41, 5.74) is 6.68. The fraction of sp³-hybridized carbons (Fsp3) is 0.0435. The molecule has 0 saturated carbocycles. The molecular formula is C23H18FN3OS. The second-order valence-corrected chi connectivity index (χ2v) is 7.08. The number of rotatable bonds is 7. The Labute approximate surface area is 172 Å². The number of para-hydroxylation sites is 1. The van der Waals surface area contributed by atoms with Crippen molar-refractivity contribution < 1.29 is 9.13 Å². The first-order chi connectivity index (χ1) is 14.3. The number of benzene rings is 3. The molecule has 0 aliphatic heterocycles. The van der Waals surface area contributed by atoms with Crippen LogP contribution in [0.5, 0.6) is 5.75 Å². The molecule has 1 aromatic heterocycles. The van der Waals surface area contributed by atoms with E-state index in [-0.39, 0.29) is 5.82 Å². The number of halogens is 1. The predicted molar refractivity (Wildman–Crippen MR) is 116 cm³/mol. The van der Waals surface area contributed by atoms with Gasteiger partial charge in [0.15, 0.2) is 0 Å². The number of thiazole rings is 1. The molecule has 144 valence electrons. The maximum Gasteiger partial charge on any atom is 0.203 e. The van der Waals surface area contributed by atoms with E-state index in [9.17, 15) is 4.39 Å². The molecule has 6 heteroatoms. The third-order valence-corrected chi connectivity index (χ3v) is 4.91. The van der Waals surface area contributed by atoms with E-state index in [0.717, 1.165) is 22.4 Å². The van der Waals surface area contributed by atoms with Gasteiger partial charge in [-0.1, -0.05) is 54.6 Å². The summed E-state index contributed by atoms with van der Waals surface area (Å²) in [5.74, 6) is 0.441. The number of hydrogen-bond acceptors (Lipinski definition) is 5. The lowest BCUT2D eigenvalue weighted by atomic mass is 10.2. The van der Waals surface area contributed by atoms with Gasteiger partial charge in [-0.05, 0) is 29.8 Å². The molecule has 29 heavy (non-hydrogen) atoms. The van der Waals surface area contributed by atoms with Crippen molar-refractivity contribution in [3.8, 4) is 17.0 Å². The Hall–Kier alpha value is -3.51. The van der Waals surface area contributed by atoms with Crippen molar-refractivity contribution in [1.29, 1.82) is 0 Å². The van der Waals surface area contributed by atoms with Crippen LogP contribution in [0.1, 0.15) is 11.1 Å². The van der Waals surface area contributed by atoms with Gasteiger partial charge in [0.2, 0.25) is 5.13 Å². The molecule has 0 unspecified atom stereocenters. The maximum absolute atomic E-state index is 13.0. The first-order valence-electron chi connectivity index (χ1n) is 9.04. The number of nitrogens with zero attached hydrogens (tertiary/aromatic N) is 2. The van der Waals surface area contributed by atoms with E-state index in [2.05, 4.69) is 15.5 Å². The van der Waals surface area contributed by atoms with Crippen LogP contribution in [0, 0.1) is 5.82 Å². The van der Waals surface area contributed by atoms with Crippen molar-refractivity contribution in [1.82, 2.24) is 4.98 Å². The molecule has 1 N–H and O–H groups in total. The molecule has 0 fully saturated rings. The monoisotopic (exact) mass is 403 g/mol. The summed E-state index contributed by atoms with van der Waals surface area (Å²) in [5, 5.41) is 7.00. The number of anilines is 1. The standard InChI is InChI=1S/C23H18FN3OS/c24-20-12-10-17(11-13-20)15-28-22-9-5-4-8-19(22)14-25-27-23-26-21(16-29-23)18-6-2-1-3-7-18/h1-14,16H,15H2,(H,26,27). The first-order valence-corrected chi connectivity index (χ1v) is 9.92. The molecule has 0 atom stereocenters. The minimum atomic E-state index is -0.259. The largest absolute Gasteiger partial charge is 0.488 e.